The summed E-state index contributed by atoms with van der Waals surface area (Å²) in [5.74, 6) is 0.951. The number of amides is 1. The average Bonchev–Trinajstić information content (AvgIpc) is 3.10. The van der Waals surface area contributed by atoms with Crippen LogP contribution in [0.25, 0.3) is 0 Å². The van der Waals surface area contributed by atoms with E-state index in [-0.39, 0.29) is 29.9 Å². The second kappa shape index (κ2) is 7.71. The second-order valence-corrected chi connectivity index (χ2v) is 6.82. The smallest absolute Gasteiger partial charge is 0.246 e. The Balaban J connectivity index is 0.00000208. The zero-order valence-corrected chi connectivity index (χ0v) is 17.0. The summed E-state index contributed by atoms with van der Waals surface area (Å²) < 4.78 is 1.72. The monoisotopic (exact) mass is 446 g/mol. The average molecular weight is 446 g/mol. The van der Waals surface area contributed by atoms with Gasteiger partial charge in [0.2, 0.25) is 5.91 Å². The summed E-state index contributed by atoms with van der Waals surface area (Å²) in [7, 11) is 1.86. The molecule has 1 saturated heterocycles. The van der Waals surface area contributed by atoms with Crippen LogP contribution in [0.15, 0.2) is 17.4 Å². The summed E-state index contributed by atoms with van der Waals surface area (Å²) in [6, 6.07) is 0. The molecule has 1 aliphatic carbocycles. The number of carbonyl (C=O) groups is 1. The minimum atomic E-state index is 0. The maximum atomic E-state index is 12.5. The lowest BCUT2D eigenvalue weighted by atomic mass is 10.1. The van der Waals surface area contributed by atoms with Crippen molar-refractivity contribution in [3.05, 3.63) is 12.4 Å². The number of piperazine rings is 1. The lowest BCUT2D eigenvalue weighted by Gasteiger charge is -2.35. The molecular weight excluding hydrogens is 419 g/mol. The van der Waals surface area contributed by atoms with E-state index in [0.717, 1.165) is 31.3 Å². The van der Waals surface area contributed by atoms with E-state index in [0.29, 0.717) is 18.5 Å². The zero-order chi connectivity index (χ0) is 16.4. The highest BCUT2D eigenvalue weighted by molar-refractivity contribution is 14.0. The first-order valence-corrected chi connectivity index (χ1v) is 8.33. The molecule has 7 nitrogen and oxygen atoms in total. The topological polar surface area (TPSA) is 65.8 Å². The fourth-order valence-corrected chi connectivity index (χ4v) is 2.74. The number of halogens is 1. The van der Waals surface area contributed by atoms with E-state index < -0.39 is 0 Å². The number of anilines is 1. The van der Waals surface area contributed by atoms with Crippen LogP contribution in [0.2, 0.25) is 0 Å². The molecule has 0 radical (unpaired) electrons. The Labute approximate surface area is 160 Å². The predicted octanol–water partition coefficient (Wildman–Crippen LogP) is 1.45. The Morgan fingerprint density at radius 3 is 2.71 bits per heavy atom. The van der Waals surface area contributed by atoms with Gasteiger partial charge in [-0.2, -0.15) is 5.10 Å². The van der Waals surface area contributed by atoms with Gasteiger partial charge >= 0.3 is 0 Å². The van der Waals surface area contributed by atoms with Gasteiger partial charge in [0, 0.05) is 39.4 Å². The number of rotatable bonds is 4. The van der Waals surface area contributed by atoms with E-state index >= 15 is 0 Å². The Kier molecular flexibility index (Phi) is 6.11. The summed E-state index contributed by atoms with van der Waals surface area (Å²) in [5.41, 5.74) is 1.24. The maximum absolute atomic E-state index is 12.5. The van der Waals surface area contributed by atoms with Gasteiger partial charge in [-0.15, -0.1) is 24.0 Å². The Morgan fingerprint density at radius 1 is 1.42 bits per heavy atom. The Hall–Kier alpha value is -1.32. The van der Waals surface area contributed by atoms with Crippen LogP contribution in [0.1, 0.15) is 26.7 Å². The van der Waals surface area contributed by atoms with E-state index in [1.54, 1.807) is 15.8 Å². The number of hydrogen-bond donors (Lipinski definition) is 1. The maximum Gasteiger partial charge on any atom is 0.246 e. The van der Waals surface area contributed by atoms with Crippen LogP contribution in [-0.2, 0) is 11.8 Å². The SMILES string of the molecule is CCNC(=NCC1(C)CC1)N1CCN(c2cnn(C)c2)C(=O)C1.I. The van der Waals surface area contributed by atoms with Gasteiger partial charge in [0.05, 0.1) is 11.9 Å². The molecule has 0 unspecified atom stereocenters. The van der Waals surface area contributed by atoms with Crippen LogP contribution in [0.5, 0.6) is 0 Å². The van der Waals surface area contributed by atoms with Crippen molar-refractivity contribution < 1.29 is 4.79 Å². The van der Waals surface area contributed by atoms with Gasteiger partial charge < -0.3 is 15.1 Å². The number of nitrogens with one attached hydrogen (secondary N) is 1. The number of hydrogen-bond acceptors (Lipinski definition) is 3. The fourth-order valence-electron chi connectivity index (χ4n) is 2.74. The summed E-state index contributed by atoms with van der Waals surface area (Å²) in [6.45, 7) is 7.78. The Bertz CT molecular complexity index is 609. The summed E-state index contributed by atoms with van der Waals surface area (Å²) in [5, 5.41) is 7.47. The Morgan fingerprint density at radius 2 is 2.17 bits per heavy atom. The van der Waals surface area contributed by atoms with Crippen molar-refractivity contribution in [1.29, 1.82) is 0 Å². The van der Waals surface area contributed by atoms with Crippen molar-refractivity contribution in [2.45, 2.75) is 26.7 Å². The molecule has 8 heteroatoms. The van der Waals surface area contributed by atoms with Crippen LogP contribution < -0.4 is 10.2 Å². The highest BCUT2D eigenvalue weighted by Crippen LogP contribution is 2.45. The lowest BCUT2D eigenvalue weighted by Crippen LogP contribution is -2.55. The summed E-state index contributed by atoms with van der Waals surface area (Å²) in [6.07, 6.45) is 6.12. The van der Waals surface area contributed by atoms with E-state index in [1.165, 1.54) is 12.8 Å². The first-order chi connectivity index (χ1) is 11.0. The van der Waals surface area contributed by atoms with Crippen molar-refractivity contribution in [3.63, 3.8) is 0 Å². The van der Waals surface area contributed by atoms with E-state index in [1.807, 2.05) is 13.2 Å². The number of aliphatic imine (C=N–C) groups is 1. The molecule has 2 fully saturated rings. The molecule has 0 atom stereocenters. The van der Waals surface area contributed by atoms with Gasteiger partial charge in [0.25, 0.3) is 0 Å². The number of guanidine groups is 1. The number of carbonyl (C=O) groups excluding carboxylic acids is 1. The summed E-state index contributed by atoms with van der Waals surface area (Å²) >= 11 is 0. The third-order valence-corrected chi connectivity index (χ3v) is 4.57. The summed E-state index contributed by atoms with van der Waals surface area (Å²) in [4.78, 5) is 21.1. The molecule has 0 aromatic carbocycles. The molecular formula is C16H27IN6O. The largest absolute Gasteiger partial charge is 0.357 e. The van der Waals surface area contributed by atoms with Gasteiger partial charge in [-0.3, -0.25) is 14.5 Å². The molecule has 3 rings (SSSR count). The van der Waals surface area contributed by atoms with E-state index in [4.69, 9.17) is 4.99 Å². The first kappa shape index (κ1) is 19.0. The third kappa shape index (κ3) is 4.40. The standard InChI is InChI=1S/C16H26N6O.HI/c1-4-17-15(18-12-16(2)5-6-16)21-7-8-22(14(23)11-21)13-9-19-20(3)10-13;/h9-10H,4-8,11-12H2,1-3H3,(H,17,18);1H. The lowest BCUT2D eigenvalue weighted by molar-refractivity contribution is -0.120. The molecule has 1 N–H and O–H groups in total. The van der Waals surface area contributed by atoms with Crippen molar-refractivity contribution >= 4 is 41.5 Å². The molecule has 134 valence electrons. The molecule has 0 spiro atoms. The molecule has 24 heavy (non-hydrogen) atoms. The first-order valence-electron chi connectivity index (χ1n) is 8.33. The van der Waals surface area contributed by atoms with Gasteiger partial charge in [0.1, 0.15) is 6.54 Å². The normalized spacial score (nSPS) is 20.0. The minimum Gasteiger partial charge on any atom is -0.357 e. The van der Waals surface area contributed by atoms with Gasteiger partial charge in [0.15, 0.2) is 5.96 Å². The minimum absolute atomic E-state index is 0. The highest BCUT2D eigenvalue weighted by Gasteiger charge is 2.37. The zero-order valence-electron chi connectivity index (χ0n) is 14.7. The molecule has 2 aliphatic rings. The molecule has 1 amide bonds. The molecule has 1 aliphatic heterocycles. The van der Waals surface area contributed by atoms with Gasteiger partial charge in [-0.25, -0.2) is 0 Å². The second-order valence-electron chi connectivity index (χ2n) is 6.82. The molecule has 1 aromatic rings. The quantitative estimate of drug-likeness (QED) is 0.432. The molecule has 1 saturated carbocycles. The van der Waals surface area contributed by atoms with Crippen LogP contribution in [0, 0.1) is 5.41 Å². The van der Waals surface area contributed by atoms with Crippen molar-refractivity contribution in [2.24, 2.45) is 17.5 Å². The van der Waals surface area contributed by atoms with E-state index in [9.17, 15) is 4.79 Å². The van der Waals surface area contributed by atoms with Crippen molar-refractivity contribution in [3.8, 4) is 0 Å². The van der Waals surface area contributed by atoms with Gasteiger partial charge in [-0.05, 0) is 25.2 Å². The fraction of sp³-hybridized carbons (Fsp3) is 0.688. The predicted molar refractivity (Wildman–Crippen MR) is 106 cm³/mol. The highest BCUT2D eigenvalue weighted by atomic mass is 127. The van der Waals surface area contributed by atoms with Crippen LogP contribution in [0.3, 0.4) is 0 Å². The number of nitrogens with zero attached hydrogens (tertiary/aromatic N) is 5. The van der Waals surface area contributed by atoms with Crippen LogP contribution in [-0.4, -0.2) is 59.3 Å². The molecule has 1 aromatic heterocycles. The van der Waals surface area contributed by atoms with Gasteiger partial charge in [-0.1, -0.05) is 6.92 Å². The number of aryl methyl sites for hydroxylation is 1. The van der Waals surface area contributed by atoms with Crippen molar-refractivity contribution in [1.82, 2.24) is 20.0 Å². The molecule has 0 bridgehead atoms. The van der Waals surface area contributed by atoms with E-state index in [2.05, 4.69) is 29.2 Å². The number of aromatic nitrogens is 2. The molecule has 2 heterocycles. The van der Waals surface area contributed by atoms with Crippen LogP contribution >= 0.6 is 24.0 Å². The van der Waals surface area contributed by atoms with Crippen molar-refractivity contribution in [2.75, 3.05) is 37.6 Å². The van der Waals surface area contributed by atoms with Crippen LogP contribution in [0.4, 0.5) is 5.69 Å². The third-order valence-electron chi connectivity index (χ3n) is 4.57.